The lowest BCUT2D eigenvalue weighted by Gasteiger charge is -2.13. The largest absolute Gasteiger partial charge is 0.496 e. The molecular formula is C17H25NO3. The summed E-state index contributed by atoms with van der Waals surface area (Å²) in [5.74, 6) is 2.20. The van der Waals surface area contributed by atoms with Crippen molar-refractivity contribution in [3.8, 4) is 17.2 Å². The third-order valence-corrected chi connectivity index (χ3v) is 3.74. The third kappa shape index (κ3) is 4.14. The number of rotatable bonds is 8. The molecule has 0 amide bonds. The van der Waals surface area contributed by atoms with Crippen molar-refractivity contribution in [2.45, 2.75) is 32.2 Å². The molecule has 4 heteroatoms. The van der Waals surface area contributed by atoms with E-state index < -0.39 is 0 Å². The molecule has 4 nitrogen and oxygen atoms in total. The number of benzene rings is 1. The quantitative estimate of drug-likeness (QED) is 0.798. The molecule has 0 atom stereocenters. The van der Waals surface area contributed by atoms with Crippen LogP contribution in [0.2, 0.25) is 0 Å². The van der Waals surface area contributed by atoms with E-state index in [2.05, 4.69) is 18.3 Å². The Kier molecular flexibility index (Phi) is 5.51. The maximum Gasteiger partial charge on any atom is 0.164 e. The maximum atomic E-state index is 5.47. The second-order valence-electron chi connectivity index (χ2n) is 5.26. The van der Waals surface area contributed by atoms with E-state index in [4.69, 9.17) is 14.2 Å². The van der Waals surface area contributed by atoms with Crippen LogP contribution in [0.3, 0.4) is 0 Å². The van der Waals surface area contributed by atoms with E-state index in [1.807, 2.05) is 12.1 Å². The van der Waals surface area contributed by atoms with Crippen molar-refractivity contribution in [3.05, 3.63) is 23.3 Å². The lowest BCUT2D eigenvalue weighted by Crippen LogP contribution is -2.18. The van der Waals surface area contributed by atoms with E-state index >= 15 is 0 Å². The zero-order valence-electron chi connectivity index (χ0n) is 13.4. The van der Waals surface area contributed by atoms with Gasteiger partial charge < -0.3 is 19.5 Å². The van der Waals surface area contributed by atoms with Crippen molar-refractivity contribution in [2.75, 3.05) is 27.9 Å². The molecular weight excluding hydrogens is 266 g/mol. The van der Waals surface area contributed by atoms with E-state index in [1.165, 1.54) is 18.4 Å². The highest BCUT2D eigenvalue weighted by molar-refractivity contribution is 5.65. The van der Waals surface area contributed by atoms with Gasteiger partial charge in [-0.3, -0.25) is 0 Å². The monoisotopic (exact) mass is 291 g/mol. The highest BCUT2D eigenvalue weighted by Gasteiger charge is 2.20. The first-order valence-corrected chi connectivity index (χ1v) is 7.44. The van der Waals surface area contributed by atoms with Crippen molar-refractivity contribution in [1.29, 1.82) is 0 Å². The van der Waals surface area contributed by atoms with E-state index in [9.17, 15) is 0 Å². The SMILES string of the molecule is CCC(=Cc1cc(OC)c(OC)cc1OC)CNC1CC1. The van der Waals surface area contributed by atoms with Crippen molar-refractivity contribution < 1.29 is 14.2 Å². The molecule has 0 spiro atoms. The Hall–Kier alpha value is -1.68. The van der Waals surface area contributed by atoms with Crippen LogP contribution in [0, 0.1) is 0 Å². The van der Waals surface area contributed by atoms with Gasteiger partial charge in [0.1, 0.15) is 5.75 Å². The Morgan fingerprint density at radius 3 is 2.24 bits per heavy atom. The molecule has 1 saturated carbocycles. The second-order valence-corrected chi connectivity index (χ2v) is 5.26. The minimum atomic E-state index is 0.681. The summed E-state index contributed by atoms with van der Waals surface area (Å²) in [6, 6.07) is 4.55. The molecule has 1 aliphatic rings. The van der Waals surface area contributed by atoms with Crippen molar-refractivity contribution in [1.82, 2.24) is 5.32 Å². The Morgan fingerprint density at radius 2 is 1.71 bits per heavy atom. The fourth-order valence-electron chi connectivity index (χ4n) is 2.23. The van der Waals surface area contributed by atoms with E-state index in [1.54, 1.807) is 21.3 Å². The molecule has 0 unspecified atom stereocenters. The van der Waals surface area contributed by atoms with Gasteiger partial charge in [0.05, 0.1) is 21.3 Å². The van der Waals surface area contributed by atoms with Crippen LogP contribution in [-0.4, -0.2) is 33.9 Å². The lowest BCUT2D eigenvalue weighted by atomic mass is 10.1. The molecule has 21 heavy (non-hydrogen) atoms. The summed E-state index contributed by atoms with van der Waals surface area (Å²) in [5, 5.41) is 3.55. The van der Waals surface area contributed by atoms with Gasteiger partial charge in [0.15, 0.2) is 11.5 Å². The number of nitrogens with one attached hydrogen (secondary N) is 1. The Balaban J connectivity index is 2.26. The summed E-state index contributed by atoms with van der Waals surface area (Å²) in [5.41, 5.74) is 2.37. The fraction of sp³-hybridized carbons (Fsp3) is 0.529. The molecule has 0 radical (unpaired) electrons. The standard InChI is InChI=1S/C17H25NO3/c1-5-12(11-18-14-6-7-14)8-13-9-16(20-3)17(21-4)10-15(13)19-2/h8-10,14,18H,5-7,11H2,1-4H3. The minimum absolute atomic E-state index is 0.681. The normalized spacial score (nSPS) is 15.0. The first-order chi connectivity index (χ1) is 10.2. The number of hydrogen-bond acceptors (Lipinski definition) is 4. The molecule has 1 aromatic carbocycles. The predicted molar refractivity (Wildman–Crippen MR) is 85.4 cm³/mol. The number of hydrogen-bond donors (Lipinski definition) is 1. The molecule has 0 bridgehead atoms. The Morgan fingerprint density at radius 1 is 1.10 bits per heavy atom. The maximum absolute atomic E-state index is 5.47. The molecule has 1 N–H and O–H groups in total. The van der Waals surface area contributed by atoms with E-state index in [0.717, 1.165) is 30.0 Å². The van der Waals surface area contributed by atoms with Gasteiger partial charge in [-0.25, -0.2) is 0 Å². The average Bonchev–Trinajstić information content (AvgIpc) is 3.34. The molecule has 0 saturated heterocycles. The Labute approximate surface area is 127 Å². The molecule has 1 aromatic rings. The molecule has 116 valence electrons. The van der Waals surface area contributed by atoms with Gasteiger partial charge in [-0.05, 0) is 25.3 Å². The molecule has 2 rings (SSSR count). The van der Waals surface area contributed by atoms with Gasteiger partial charge in [0, 0.05) is 24.2 Å². The van der Waals surface area contributed by atoms with Gasteiger partial charge in [-0.15, -0.1) is 0 Å². The van der Waals surface area contributed by atoms with Gasteiger partial charge in [0.25, 0.3) is 0 Å². The highest BCUT2D eigenvalue weighted by atomic mass is 16.5. The zero-order chi connectivity index (χ0) is 15.2. The summed E-state index contributed by atoms with van der Waals surface area (Å²) in [6.07, 6.45) is 5.79. The van der Waals surface area contributed by atoms with Gasteiger partial charge in [0.2, 0.25) is 0 Å². The van der Waals surface area contributed by atoms with Gasteiger partial charge >= 0.3 is 0 Å². The Bertz CT molecular complexity index is 507. The molecule has 1 fully saturated rings. The lowest BCUT2D eigenvalue weighted by molar-refractivity contribution is 0.348. The topological polar surface area (TPSA) is 39.7 Å². The first kappa shape index (κ1) is 15.7. The summed E-state index contributed by atoms with van der Waals surface area (Å²) in [4.78, 5) is 0. The fourth-order valence-corrected chi connectivity index (χ4v) is 2.23. The molecule has 0 heterocycles. The number of methoxy groups -OCH3 is 3. The van der Waals surface area contributed by atoms with Crippen molar-refractivity contribution in [2.24, 2.45) is 0 Å². The van der Waals surface area contributed by atoms with Crippen LogP contribution in [0.4, 0.5) is 0 Å². The third-order valence-electron chi connectivity index (χ3n) is 3.74. The second kappa shape index (κ2) is 7.36. The van der Waals surface area contributed by atoms with E-state index in [0.29, 0.717) is 11.8 Å². The average molecular weight is 291 g/mol. The molecule has 0 aliphatic heterocycles. The van der Waals surface area contributed by atoms with Gasteiger partial charge in [-0.2, -0.15) is 0 Å². The van der Waals surface area contributed by atoms with Crippen LogP contribution in [0.5, 0.6) is 17.2 Å². The number of ether oxygens (including phenoxy) is 3. The van der Waals surface area contributed by atoms with Crippen LogP contribution >= 0.6 is 0 Å². The zero-order valence-corrected chi connectivity index (χ0v) is 13.4. The van der Waals surface area contributed by atoms with Crippen LogP contribution in [0.15, 0.2) is 17.7 Å². The van der Waals surface area contributed by atoms with E-state index in [-0.39, 0.29) is 0 Å². The molecule has 1 aliphatic carbocycles. The predicted octanol–water partition coefficient (Wildman–Crippen LogP) is 3.26. The molecule has 0 aromatic heterocycles. The van der Waals surface area contributed by atoms with Crippen molar-refractivity contribution in [3.63, 3.8) is 0 Å². The minimum Gasteiger partial charge on any atom is -0.496 e. The summed E-state index contributed by atoms with van der Waals surface area (Å²) < 4.78 is 16.2. The summed E-state index contributed by atoms with van der Waals surface area (Å²) in [6.45, 7) is 3.10. The summed E-state index contributed by atoms with van der Waals surface area (Å²) >= 11 is 0. The van der Waals surface area contributed by atoms with Gasteiger partial charge in [-0.1, -0.05) is 18.6 Å². The smallest absolute Gasteiger partial charge is 0.164 e. The van der Waals surface area contributed by atoms with Crippen LogP contribution in [0.1, 0.15) is 31.7 Å². The first-order valence-electron chi connectivity index (χ1n) is 7.44. The van der Waals surface area contributed by atoms with Crippen LogP contribution in [0.25, 0.3) is 6.08 Å². The van der Waals surface area contributed by atoms with Crippen molar-refractivity contribution >= 4 is 6.08 Å². The van der Waals surface area contributed by atoms with Crippen LogP contribution < -0.4 is 19.5 Å². The van der Waals surface area contributed by atoms with Crippen LogP contribution in [-0.2, 0) is 0 Å². The highest BCUT2D eigenvalue weighted by Crippen LogP contribution is 2.35. The summed E-state index contributed by atoms with van der Waals surface area (Å²) in [7, 11) is 4.95.